The molecule has 1 rings (SSSR count). The van der Waals surface area contributed by atoms with Gasteiger partial charge in [-0.05, 0) is 31.7 Å². The van der Waals surface area contributed by atoms with Gasteiger partial charge in [-0.25, -0.2) is 13.1 Å². The Morgan fingerprint density at radius 2 is 1.76 bits per heavy atom. The summed E-state index contributed by atoms with van der Waals surface area (Å²) in [7, 11) is -1.81. The zero-order valence-electron chi connectivity index (χ0n) is 13.8. The first-order valence-corrected chi connectivity index (χ1v) is 8.87. The van der Waals surface area contributed by atoms with Crippen LogP contribution < -0.4 is 10.0 Å². The molecule has 0 bridgehead atoms. The number of sulfonamides is 1. The number of rotatable bonds is 8. The van der Waals surface area contributed by atoms with Crippen LogP contribution in [-0.2, 0) is 16.6 Å². The summed E-state index contributed by atoms with van der Waals surface area (Å²) in [5.74, 6) is 1.14. The van der Waals surface area contributed by atoms with E-state index in [1.165, 1.54) is 0 Å². The molecule has 0 radical (unpaired) electrons. The predicted molar refractivity (Wildman–Crippen MR) is 84.4 cm³/mol. The minimum atomic E-state index is -3.59. The van der Waals surface area contributed by atoms with Crippen LogP contribution in [0.15, 0.2) is 5.03 Å². The van der Waals surface area contributed by atoms with E-state index in [-0.39, 0.29) is 5.03 Å². The zero-order chi connectivity index (χ0) is 16.2. The lowest BCUT2D eigenvalue weighted by molar-refractivity contribution is 0.289. The lowest BCUT2D eigenvalue weighted by Gasteiger charge is -2.24. The van der Waals surface area contributed by atoms with Gasteiger partial charge in [-0.2, -0.15) is 5.10 Å². The van der Waals surface area contributed by atoms with E-state index in [9.17, 15) is 8.42 Å². The first-order chi connectivity index (χ1) is 9.70. The molecular weight excluding hydrogens is 288 g/mol. The van der Waals surface area contributed by atoms with Crippen molar-refractivity contribution in [3.63, 3.8) is 0 Å². The largest absolute Gasteiger partial charge is 0.316 e. The lowest BCUT2D eigenvalue weighted by Crippen LogP contribution is -2.34. The van der Waals surface area contributed by atoms with Gasteiger partial charge in [0, 0.05) is 24.3 Å². The molecule has 0 aliphatic heterocycles. The average molecular weight is 316 g/mol. The second-order valence-corrected chi connectivity index (χ2v) is 7.85. The van der Waals surface area contributed by atoms with Crippen LogP contribution in [0.2, 0.25) is 0 Å². The fraction of sp³-hybridized carbons (Fsp3) is 0.786. The van der Waals surface area contributed by atoms with Gasteiger partial charge in [0.25, 0.3) is 10.0 Å². The van der Waals surface area contributed by atoms with Gasteiger partial charge in [0.1, 0.15) is 0 Å². The Morgan fingerprint density at radius 1 is 1.19 bits per heavy atom. The van der Waals surface area contributed by atoms with Crippen LogP contribution in [0.25, 0.3) is 0 Å². The number of nitrogens with zero attached hydrogens (tertiary/aromatic N) is 1. The summed E-state index contributed by atoms with van der Waals surface area (Å²) in [6, 6.07) is 0. The van der Waals surface area contributed by atoms with Crippen LogP contribution in [0.5, 0.6) is 0 Å². The van der Waals surface area contributed by atoms with Gasteiger partial charge < -0.3 is 5.32 Å². The molecule has 3 N–H and O–H groups in total. The van der Waals surface area contributed by atoms with E-state index in [2.05, 4.69) is 47.9 Å². The molecule has 0 saturated carbocycles. The Kier molecular flexibility index (Phi) is 6.37. The third kappa shape index (κ3) is 4.52. The minimum Gasteiger partial charge on any atom is -0.316 e. The highest BCUT2D eigenvalue weighted by Crippen LogP contribution is 2.21. The normalized spacial score (nSPS) is 12.8. The molecular formula is C14H28N4O2S. The Labute approximate surface area is 128 Å². The predicted octanol–water partition coefficient (Wildman–Crippen LogP) is 1.64. The molecule has 1 aromatic rings. The standard InChI is InChI=1S/C14H28N4O2S/c1-9(2)12(10(3)4)8-16-21(19,20)14-13(7-15-6)11(5)17-18-14/h9-10,12,15-16H,7-8H2,1-6H3,(H,17,18). The number of aromatic amines is 1. The van der Waals surface area contributed by atoms with Crippen LogP contribution >= 0.6 is 0 Å². The fourth-order valence-electron chi connectivity index (χ4n) is 2.55. The summed E-state index contributed by atoms with van der Waals surface area (Å²) in [5.41, 5.74) is 1.46. The molecule has 0 aliphatic rings. The topological polar surface area (TPSA) is 86.9 Å². The Hall–Kier alpha value is -0.920. The molecule has 122 valence electrons. The number of hydrogen-bond donors (Lipinski definition) is 3. The van der Waals surface area contributed by atoms with Gasteiger partial charge in [-0.3, -0.25) is 5.10 Å². The maximum Gasteiger partial charge on any atom is 0.260 e. The van der Waals surface area contributed by atoms with Crippen molar-refractivity contribution in [2.45, 2.75) is 46.2 Å². The fourth-order valence-corrected chi connectivity index (χ4v) is 3.82. The van der Waals surface area contributed by atoms with Crippen LogP contribution in [0.1, 0.15) is 39.0 Å². The van der Waals surface area contributed by atoms with Crippen LogP contribution in [0.3, 0.4) is 0 Å². The van der Waals surface area contributed by atoms with Crippen LogP contribution in [-0.4, -0.2) is 32.2 Å². The number of aryl methyl sites for hydroxylation is 1. The van der Waals surface area contributed by atoms with E-state index < -0.39 is 10.0 Å². The summed E-state index contributed by atoms with van der Waals surface area (Å²) in [5, 5.41) is 9.78. The Balaban J connectivity index is 2.92. The number of nitrogens with one attached hydrogen (secondary N) is 3. The van der Waals surface area contributed by atoms with E-state index in [1.54, 1.807) is 7.05 Å². The van der Waals surface area contributed by atoms with Gasteiger partial charge in [0.2, 0.25) is 0 Å². The van der Waals surface area contributed by atoms with E-state index in [0.717, 1.165) is 5.69 Å². The number of hydrogen-bond acceptors (Lipinski definition) is 4. The molecule has 6 nitrogen and oxygen atoms in total. The molecule has 7 heteroatoms. The summed E-state index contributed by atoms with van der Waals surface area (Å²) in [6.07, 6.45) is 0. The molecule has 0 saturated heterocycles. The SMILES string of the molecule is CNCc1c(S(=O)(=O)NCC(C(C)C)C(C)C)n[nH]c1C. The van der Waals surface area contributed by atoms with Gasteiger partial charge in [-0.15, -0.1) is 0 Å². The van der Waals surface area contributed by atoms with Gasteiger partial charge >= 0.3 is 0 Å². The Bertz CT molecular complexity index is 541. The Morgan fingerprint density at radius 3 is 2.24 bits per heavy atom. The molecule has 21 heavy (non-hydrogen) atoms. The monoisotopic (exact) mass is 316 g/mol. The molecule has 0 aromatic carbocycles. The minimum absolute atomic E-state index is 0.0978. The van der Waals surface area contributed by atoms with Crippen molar-refractivity contribution in [2.75, 3.05) is 13.6 Å². The number of H-pyrrole nitrogens is 1. The summed E-state index contributed by atoms with van der Waals surface area (Å²) < 4.78 is 27.7. The van der Waals surface area contributed by atoms with Gasteiger partial charge in [0.15, 0.2) is 5.03 Å². The molecule has 0 spiro atoms. The van der Waals surface area contributed by atoms with E-state index in [1.807, 2.05) is 6.92 Å². The van der Waals surface area contributed by atoms with Crippen molar-refractivity contribution in [3.05, 3.63) is 11.3 Å². The second kappa shape index (κ2) is 7.38. The van der Waals surface area contributed by atoms with E-state index in [0.29, 0.717) is 36.4 Å². The quantitative estimate of drug-likeness (QED) is 0.680. The maximum absolute atomic E-state index is 12.5. The highest BCUT2D eigenvalue weighted by atomic mass is 32.2. The molecule has 0 aliphatic carbocycles. The van der Waals surface area contributed by atoms with E-state index in [4.69, 9.17) is 0 Å². The molecule has 0 amide bonds. The molecule has 1 aromatic heterocycles. The van der Waals surface area contributed by atoms with Crippen molar-refractivity contribution in [1.29, 1.82) is 0 Å². The number of aromatic nitrogens is 2. The zero-order valence-corrected chi connectivity index (χ0v) is 14.6. The van der Waals surface area contributed by atoms with Crippen LogP contribution in [0, 0.1) is 24.7 Å². The van der Waals surface area contributed by atoms with Crippen molar-refractivity contribution in [1.82, 2.24) is 20.2 Å². The van der Waals surface area contributed by atoms with Crippen molar-refractivity contribution < 1.29 is 8.42 Å². The summed E-state index contributed by atoms with van der Waals surface area (Å²) >= 11 is 0. The lowest BCUT2D eigenvalue weighted by atomic mass is 9.86. The van der Waals surface area contributed by atoms with E-state index >= 15 is 0 Å². The first-order valence-electron chi connectivity index (χ1n) is 7.38. The smallest absolute Gasteiger partial charge is 0.260 e. The maximum atomic E-state index is 12.5. The molecule has 0 fully saturated rings. The van der Waals surface area contributed by atoms with Gasteiger partial charge in [-0.1, -0.05) is 27.7 Å². The van der Waals surface area contributed by atoms with Crippen molar-refractivity contribution in [3.8, 4) is 0 Å². The summed E-state index contributed by atoms with van der Waals surface area (Å²) in [6.45, 7) is 11.2. The van der Waals surface area contributed by atoms with Gasteiger partial charge in [0.05, 0.1) is 0 Å². The highest BCUT2D eigenvalue weighted by Gasteiger charge is 2.26. The summed E-state index contributed by atoms with van der Waals surface area (Å²) in [4.78, 5) is 0. The average Bonchev–Trinajstić information content (AvgIpc) is 2.71. The second-order valence-electron chi connectivity index (χ2n) is 6.17. The molecule has 0 unspecified atom stereocenters. The van der Waals surface area contributed by atoms with Crippen LogP contribution in [0.4, 0.5) is 0 Å². The van der Waals surface area contributed by atoms with Crippen molar-refractivity contribution >= 4 is 10.0 Å². The first kappa shape index (κ1) is 18.1. The third-order valence-corrected chi connectivity index (χ3v) is 5.26. The molecule has 1 heterocycles. The molecule has 0 atom stereocenters. The third-order valence-electron chi connectivity index (χ3n) is 3.87. The van der Waals surface area contributed by atoms with Crippen molar-refractivity contribution in [2.24, 2.45) is 17.8 Å². The highest BCUT2D eigenvalue weighted by molar-refractivity contribution is 7.89.